The molecule has 0 aliphatic heterocycles. The van der Waals surface area contributed by atoms with E-state index in [-0.39, 0.29) is 23.3 Å². The van der Waals surface area contributed by atoms with E-state index in [4.69, 9.17) is 9.47 Å². The van der Waals surface area contributed by atoms with Gasteiger partial charge in [0.15, 0.2) is 0 Å². The highest BCUT2D eigenvalue weighted by molar-refractivity contribution is 7.89. The first-order chi connectivity index (χ1) is 15.1. The van der Waals surface area contributed by atoms with Crippen molar-refractivity contribution in [3.63, 3.8) is 0 Å². The summed E-state index contributed by atoms with van der Waals surface area (Å²) in [5.74, 6) is 1.62. The normalized spacial score (nSPS) is 12.6. The lowest BCUT2D eigenvalue weighted by atomic mass is 9.96. The zero-order valence-corrected chi connectivity index (χ0v) is 20.5. The van der Waals surface area contributed by atoms with Crippen LogP contribution in [0.3, 0.4) is 0 Å². The third-order valence-electron chi connectivity index (χ3n) is 5.21. The Kier molecular flexibility index (Phi) is 9.09. The molecule has 0 bridgehead atoms. The largest absolute Gasteiger partial charge is 0.497 e. The van der Waals surface area contributed by atoms with Crippen molar-refractivity contribution in [2.45, 2.75) is 44.0 Å². The van der Waals surface area contributed by atoms with E-state index in [0.717, 1.165) is 22.0 Å². The third kappa shape index (κ3) is 6.71. The molecule has 1 N–H and O–H groups in total. The first kappa shape index (κ1) is 25.7. The van der Waals surface area contributed by atoms with Crippen LogP contribution < -0.4 is 14.8 Å². The van der Waals surface area contributed by atoms with Crippen LogP contribution in [0.2, 0.25) is 0 Å². The van der Waals surface area contributed by atoms with E-state index < -0.39 is 10.0 Å². The zero-order chi connectivity index (χ0) is 23.9. The van der Waals surface area contributed by atoms with Gasteiger partial charge in [0, 0.05) is 20.5 Å². The molecule has 176 valence electrons. The van der Waals surface area contributed by atoms with E-state index in [1.165, 1.54) is 27.3 Å². The fourth-order valence-electron chi connectivity index (χ4n) is 3.42. The van der Waals surface area contributed by atoms with Crippen LogP contribution in [0.5, 0.6) is 11.5 Å². The fraction of sp³-hybridized carbons (Fsp3) is 0.458. The van der Waals surface area contributed by atoms with Gasteiger partial charge in [-0.1, -0.05) is 26.0 Å². The third-order valence-corrected chi connectivity index (χ3v) is 7.02. The monoisotopic (exact) mass is 462 g/mol. The lowest BCUT2D eigenvalue weighted by Crippen LogP contribution is -2.29. The predicted octanol–water partition coefficient (Wildman–Crippen LogP) is 3.79. The average Bonchev–Trinajstić information content (AvgIpc) is 2.76. The van der Waals surface area contributed by atoms with Gasteiger partial charge in [0.25, 0.3) is 0 Å². The molecule has 0 heterocycles. The maximum atomic E-state index is 12.8. The molecule has 0 saturated heterocycles. The number of methoxy groups -OCH3 is 2. The topological polar surface area (TPSA) is 84.9 Å². The quantitative estimate of drug-likeness (QED) is 0.549. The van der Waals surface area contributed by atoms with Gasteiger partial charge in [-0.15, -0.1) is 0 Å². The summed E-state index contributed by atoms with van der Waals surface area (Å²) in [4.78, 5) is 13.0. The van der Waals surface area contributed by atoms with Crippen LogP contribution in [0.1, 0.15) is 43.9 Å². The highest BCUT2D eigenvalue weighted by Crippen LogP contribution is 2.26. The number of sulfonamides is 1. The molecule has 0 aliphatic carbocycles. The van der Waals surface area contributed by atoms with Crippen LogP contribution in [-0.4, -0.2) is 46.9 Å². The van der Waals surface area contributed by atoms with E-state index >= 15 is 0 Å². The molecule has 0 aromatic heterocycles. The van der Waals surface area contributed by atoms with E-state index in [1.54, 1.807) is 19.2 Å². The Hall–Kier alpha value is -2.58. The molecule has 1 atom stereocenters. The number of nitrogens with zero attached hydrogens (tertiary/aromatic N) is 1. The van der Waals surface area contributed by atoms with E-state index in [2.05, 4.69) is 19.2 Å². The fourth-order valence-corrected chi connectivity index (χ4v) is 4.38. The summed E-state index contributed by atoms with van der Waals surface area (Å²) >= 11 is 0. The minimum absolute atomic E-state index is 0.102. The van der Waals surface area contributed by atoms with E-state index in [1.807, 2.05) is 24.3 Å². The van der Waals surface area contributed by atoms with Crippen LogP contribution >= 0.6 is 0 Å². The number of rotatable bonds is 11. The van der Waals surface area contributed by atoms with Crippen molar-refractivity contribution in [2.24, 2.45) is 5.92 Å². The number of ether oxygens (including phenoxy) is 2. The van der Waals surface area contributed by atoms with Gasteiger partial charge in [0.05, 0.1) is 25.2 Å². The van der Waals surface area contributed by atoms with Crippen LogP contribution in [0.4, 0.5) is 0 Å². The molecule has 1 amide bonds. The van der Waals surface area contributed by atoms with Gasteiger partial charge in [-0.05, 0) is 60.2 Å². The second kappa shape index (κ2) is 11.3. The highest BCUT2D eigenvalue weighted by atomic mass is 32.2. The van der Waals surface area contributed by atoms with Gasteiger partial charge in [0.2, 0.25) is 15.9 Å². The molecule has 0 unspecified atom stereocenters. The molecule has 0 fully saturated rings. The van der Waals surface area contributed by atoms with Crippen molar-refractivity contribution in [3.05, 3.63) is 53.6 Å². The van der Waals surface area contributed by atoms with Crippen molar-refractivity contribution < 1.29 is 22.7 Å². The summed E-state index contributed by atoms with van der Waals surface area (Å²) < 4.78 is 36.7. The molecule has 8 heteroatoms. The molecule has 7 nitrogen and oxygen atoms in total. The Morgan fingerprint density at radius 2 is 1.69 bits per heavy atom. The predicted molar refractivity (Wildman–Crippen MR) is 126 cm³/mol. The van der Waals surface area contributed by atoms with Gasteiger partial charge >= 0.3 is 0 Å². The molecule has 2 aromatic rings. The van der Waals surface area contributed by atoms with Gasteiger partial charge in [-0.2, -0.15) is 0 Å². The second-order valence-electron chi connectivity index (χ2n) is 8.28. The number of aryl methyl sites for hydroxylation is 1. The Morgan fingerprint density at radius 1 is 1.03 bits per heavy atom. The highest BCUT2D eigenvalue weighted by Gasteiger charge is 2.20. The minimum Gasteiger partial charge on any atom is -0.497 e. The Labute approximate surface area is 191 Å². The number of amides is 1. The molecule has 0 saturated carbocycles. The van der Waals surface area contributed by atoms with Gasteiger partial charge in [-0.25, -0.2) is 12.7 Å². The Morgan fingerprint density at radius 3 is 2.22 bits per heavy atom. The number of hydrogen-bond acceptors (Lipinski definition) is 5. The second-order valence-corrected chi connectivity index (χ2v) is 10.4. The lowest BCUT2D eigenvalue weighted by molar-refractivity contribution is -0.121. The standard InChI is InChI=1S/C24H34N2O5S/c1-17(2)15-22(18-7-10-20(30-5)11-8-18)25-24(27)14-9-19-16-21(12-13-23(19)31-6)32(28,29)26(3)4/h7-8,10-13,16-17,22H,9,14-15H2,1-6H3,(H,25,27)/t22-/m0/s1. The zero-order valence-electron chi connectivity index (χ0n) is 19.7. The average molecular weight is 463 g/mol. The van der Waals surface area contributed by atoms with Crippen molar-refractivity contribution in [2.75, 3.05) is 28.3 Å². The van der Waals surface area contributed by atoms with Crippen molar-refractivity contribution >= 4 is 15.9 Å². The van der Waals surface area contributed by atoms with Crippen LogP contribution in [-0.2, 0) is 21.2 Å². The maximum absolute atomic E-state index is 12.8. The smallest absolute Gasteiger partial charge is 0.242 e. The molecule has 32 heavy (non-hydrogen) atoms. The van der Waals surface area contributed by atoms with Crippen molar-refractivity contribution in [1.82, 2.24) is 9.62 Å². The Bertz CT molecular complexity index is 1000. The number of carbonyl (C=O) groups is 1. The van der Waals surface area contributed by atoms with E-state index in [9.17, 15) is 13.2 Å². The van der Waals surface area contributed by atoms with Gasteiger partial charge in [0.1, 0.15) is 11.5 Å². The van der Waals surface area contributed by atoms with Crippen molar-refractivity contribution in [3.8, 4) is 11.5 Å². The summed E-state index contributed by atoms with van der Waals surface area (Å²) in [5, 5.41) is 3.13. The van der Waals surface area contributed by atoms with Gasteiger partial charge in [-0.3, -0.25) is 4.79 Å². The Balaban J connectivity index is 2.15. The molecular formula is C24H34N2O5S. The van der Waals surface area contributed by atoms with Crippen LogP contribution in [0, 0.1) is 5.92 Å². The van der Waals surface area contributed by atoms with Gasteiger partial charge < -0.3 is 14.8 Å². The summed E-state index contributed by atoms with van der Waals surface area (Å²) in [6.45, 7) is 4.23. The molecule has 2 rings (SSSR count). The molecular weight excluding hydrogens is 428 g/mol. The number of carbonyl (C=O) groups excluding carboxylic acids is 1. The molecule has 0 spiro atoms. The molecule has 0 aliphatic rings. The molecule has 0 radical (unpaired) electrons. The first-order valence-electron chi connectivity index (χ1n) is 10.6. The number of nitrogens with one attached hydrogen (secondary N) is 1. The van der Waals surface area contributed by atoms with E-state index in [0.29, 0.717) is 23.7 Å². The van der Waals surface area contributed by atoms with Crippen LogP contribution in [0.15, 0.2) is 47.4 Å². The summed E-state index contributed by atoms with van der Waals surface area (Å²) in [6, 6.07) is 12.3. The summed E-state index contributed by atoms with van der Waals surface area (Å²) in [6.07, 6.45) is 1.38. The minimum atomic E-state index is -3.57. The lowest BCUT2D eigenvalue weighted by Gasteiger charge is -2.22. The van der Waals surface area contributed by atoms with Crippen LogP contribution in [0.25, 0.3) is 0 Å². The van der Waals surface area contributed by atoms with Crippen molar-refractivity contribution in [1.29, 1.82) is 0 Å². The summed E-state index contributed by atoms with van der Waals surface area (Å²) in [7, 11) is 2.55. The first-order valence-corrected chi connectivity index (χ1v) is 12.0. The number of hydrogen-bond donors (Lipinski definition) is 1. The maximum Gasteiger partial charge on any atom is 0.242 e. The number of benzene rings is 2. The summed E-state index contributed by atoms with van der Waals surface area (Å²) in [5.41, 5.74) is 1.69. The molecule has 2 aromatic carbocycles. The SMILES string of the molecule is COc1ccc([C@H](CC(C)C)NC(=O)CCc2cc(S(=O)(=O)N(C)C)ccc2OC)cc1.